The highest BCUT2D eigenvalue weighted by atomic mass is 16.4. The van der Waals surface area contributed by atoms with Crippen LogP contribution in [0.5, 0.6) is 5.75 Å². The van der Waals surface area contributed by atoms with Crippen LogP contribution in [-0.4, -0.2) is 52.0 Å². The Morgan fingerprint density at radius 2 is 2.10 bits per heavy atom. The maximum atomic E-state index is 12.3. The van der Waals surface area contributed by atoms with E-state index in [0.29, 0.717) is 0 Å². The fourth-order valence-electron chi connectivity index (χ4n) is 2.05. The third-order valence-corrected chi connectivity index (χ3v) is 3.11. The summed E-state index contributed by atoms with van der Waals surface area (Å²) in [4.78, 5) is 35.8. The van der Waals surface area contributed by atoms with E-state index in [1.807, 2.05) is 0 Å². The quantitative estimate of drug-likeness (QED) is 0.690. The van der Waals surface area contributed by atoms with E-state index in [4.69, 9.17) is 5.11 Å². The van der Waals surface area contributed by atoms with Crippen molar-refractivity contribution in [1.29, 1.82) is 0 Å². The number of carboxylic acids is 1. The lowest BCUT2D eigenvalue weighted by Crippen LogP contribution is -2.59. The number of aliphatic carboxylic acids is 1. The van der Waals surface area contributed by atoms with E-state index >= 15 is 0 Å². The van der Waals surface area contributed by atoms with Gasteiger partial charge in [-0.1, -0.05) is 6.07 Å². The van der Waals surface area contributed by atoms with Gasteiger partial charge in [-0.15, -0.1) is 0 Å². The van der Waals surface area contributed by atoms with E-state index in [9.17, 15) is 19.5 Å². The Hall–Kier alpha value is -2.57. The van der Waals surface area contributed by atoms with Gasteiger partial charge in [0, 0.05) is 6.54 Å². The van der Waals surface area contributed by atoms with Gasteiger partial charge in [-0.3, -0.25) is 9.59 Å². The van der Waals surface area contributed by atoms with E-state index < -0.39 is 23.8 Å². The fraction of sp³-hybridized carbons (Fsp3) is 0.308. The molecule has 7 nitrogen and oxygen atoms in total. The normalized spacial score (nSPS) is 18.6. The minimum atomic E-state index is -1.20. The number of aromatic hydroxyl groups is 1. The molecule has 1 atom stereocenters. The zero-order chi connectivity index (χ0) is 14.9. The van der Waals surface area contributed by atoms with Crippen LogP contribution in [0.4, 0.5) is 0 Å². The van der Waals surface area contributed by atoms with Crippen LogP contribution in [0, 0.1) is 6.92 Å². The highest BCUT2D eigenvalue weighted by Crippen LogP contribution is 2.21. The summed E-state index contributed by atoms with van der Waals surface area (Å²) in [6, 6.07) is 3.32. The second-order valence-corrected chi connectivity index (χ2v) is 4.61. The summed E-state index contributed by atoms with van der Waals surface area (Å²) in [6.45, 7) is 1.26. The summed E-state index contributed by atoms with van der Waals surface area (Å²) in [5, 5.41) is 21.3. The van der Waals surface area contributed by atoms with Gasteiger partial charge >= 0.3 is 5.97 Å². The maximum absolute atomic E-state index is 12.3. The number of piperazine rings is 1. The lowest BCUT2D eigenvalue weighted by Gasteiger charge is -2.32. The molecule has 106 valence electrons. The monoisotopic (exact) mass is 278 g/mol. The number of nitrogens with zero attached hydrogens (tertiary/aromatic N) is 1. The van der Waals surface area contributed by atoms with Crippen LogP contribution in [-0.2, 0) is 9.59 Å². The molecule has 2 rings (SSSR count). The molecule has 1 aliphatic rings. The standard InChI is InChI=1S/C13H14N2O5/c1-7-2-3-8(10(16)4-7)12(18)15-6-11(17)14-5-9(15)13(19)20/h2-4,9,16H,5-6H2,1H3,(H,14,17)(H,19,20). The van der Waals surface area contributed by atoms with Crippen LogP contribution in [0.25, 0.3) is 0 Å². The number of aryl methyl sites for hydroxylation is 1. The molecule has 1 saturated heterocycles. The van der Waals surface area contributed by atoms with E-state index in [1.165, 1.54) is 12.1 Å². The number of hydrogen-bond acceptors (Lipinski definition) is 4. The molecule has 7 heteroatoms. The molecule has 0 radical (unpaired) electrons. The van der Waals surface area contributed by atoms with Gasteiger partial charge in [0.15, 0.2) is 0 Å². The first-order valence-corrected chi connectivity index (χ1v) is 6.00. The molecule has 0 bridgehead atoms. The highest BCUT2D eigenvalue weighted by molar-refractivity contribution is 6.01. The van der Waals surface area contributed by atoms with Crippen LogP contribution in [0.1, 0.15) is 15.9 Å². The van der Waals surface area contributed by atoms with Gasteiger partial charge in [0.1, 0.15) is 18.3 Å². The molecule has 1 unspecified atom stereocenters. The van der Waals surface area contributed by atoms with E-state index in [-0.39, 0.29) is 24.4 Å². The second kappa shape index (κ2) is 5.20. The van der Waals surface area contributed by atoms with Crippen molar-refractivity contribution < 1.29 is 24.6 Å². The first-order chi connectivity index (χ1) is 9.40. The van der Waals surface area contributed by atoms with Gasteiger partial charge in [-0.05, 0) is 24.6 Å². The molecule has 0 aromatic heterocycles. The molecule has 1 aromatic carbocycles. The minimum absolute atomic E-state index is 0.0171. The molecule has 2 amide bonds. The van der Waals surface area contributed by atoms with Crippen molar-refractivity contribution in [3.63, 3.8) is 0 Å². The Morgan fingerprint density at radius 3 is 2.70 bits per heavy atom. The molecule has 20 heavy (non-hydrogen) atoms. The SMILES string of the molecule is Cc1ccc(C(=O)N2CC(=O)NCC2C(=O)O)c(O)c1. The van der Waals surface area contributed by atoms with Crippen molar-refractivity contribution in [1.82, 2.24) is 10.2 Å². The van der Waals surface area contributed by atoms with Crippen molar-refractivity contribution in [2.45, 2.75) is 13.0 Å². The average molecular weight is 278 g/mol. The lowest BCUT2D eigenvalue weighted by molar-refractivity contribution is -0.144. The number of phenolic OH excluding ortho intramolecular Hbond substituents is 1. The molecule has 3 N–H and O–H groups in total. The number of carbonyl (C=O) groups is 3. The summed E-state index contributed by atoms with van der Waals surface area (Å²) in [7, 11) is 0. The van der Waals surface area contributed by atoms with Gasteiger partial charge in [0.05, 0.1) is 5.56 Å². The fourth-order valence-corrected chi connectivity index (χ4v) is 2.05. The van der Waals surface area contributed by atoms with Gasteiger partial charge in [0.25, 0.3) is 5.91 Å². The second-order valence-electron chi connectivity index (χ2n) is 4.61. The van der Waals surface area contributed by atoms with Gasteiger partial charge < -0.3 is 20.4 Å². The van der Waals surface area contributed by atoms with Crippen LogP contribution in [0.2, 0.25) is 0 Å². The minimum Gasteiger partial charge on any atom is -0.507 e. The Balaban J connectivity index is 2.33. The third-order valence-electron chi connectivity index (χ3n) is 3.11. The third kappa shape index (κ3) is 2.56. The van der Waals surface area contributed by atoms with Crippen molar-refractivity contribution in [3.8, 4) is 5.75 Å². The molecule has 0 spiro atoms. The van der Waals surface area contributed by atoms with E-state index in [2.05, 4.69) is 5.32 Å². The number of amides is 2. The van der Waals surface area contributed by atoms with Crippen LogP contribution in [0.15, 0.2) is 18.2 Å². The summed E-state index contributed by atoms with van der Waals surface area (Å²) in [5.41, 5.74) is 0.752. The Kier molecular flexibility index (Phi) is 3.60. The van der Waals surface area contributed by atoms with Crippen LogP contribution >= 0.6 is 0 Å². The van der Waals surface area contributed by atoms with E-state index in [1.54, 1.807) is 13.0 Å². The van der Waals surface area contributed by atoms with Crippen molar-refractivity contribution >= 4 is 17.8 Å². The maximum Gasteiger partial charge on any atom is 0.328 e. The summed E-state index contributed by atoms with van der Waals surface area (Å²) >= 11 is 0. The number of hydrogen-bond donors (Lipinski definition) is 3. The molecule has 1 aromatic rings. The number of nitrogens with one attached hydrogen (secondary N) is 1. The molecular weight excluding hydrogens is 264 g/mol. The predicted octanol–water partition coefficient (Wildman–Crippen LogP) is -0.274. The number of benzene rings is 1. The first-order valence-electron chi connectivity index (χ1n) is 6.00. The zero-order valence-electron chi connectivity index (χ0n) is 10.8. The number of rotatable bonds is 2. The first kappa shape index (κ1) is 13.9. The van der Waals surface area contributed by atoms with Crippen LogP contribution < -0.4 is 5.32 Å². The van der Waals surface area contributed by atoms with Crippen LogP contribution in [0.3, 0.4) is 0 Å². The number of phenols is 1. The summed E-state index contributed by atoms with van der Waals surface area (Å²) < 4.78 is 0. The molecule has 0 saturated carbocycles. The molecule has 1 heterocycles. The van der Waals surface area contributed by atoms with E-state index in [0.717, 1.165) is 10.5 Å². The van der Waals surface area contributed by atoms with Crippen molar-refractivity contribution in [2.24, 2.45) is 0 Å². The smallest absolute Gasteiger partial charge is 0.328 e. The summed E-state index contributed by atoms with van der Waals surface area (Å²) in [5.74, 6) is -2.54. The Labute approximate surface area is 114 Å². The average Bonchev–Trinajstić information content (AvgIpc) is 2.37. The zero-order valence-corrected chi connectivity index (χ0v) is 10.8. The van der Waals surface area contributed by atoms with Gasteiger partial charge in [-0.2, -0.15) is 0 Å². The highest BCUT2D eigenvalue weighted by Gasteiger charge is 2.36. The molecule has 0 aliphatic carbocycles. The number of carboxylic acid groups (broad SMARTS) is 1. The lowest BCUT2D eigenvalue weighted by atomic mass is 10.1. The van der Waals surface area contributed by atoms with Crippen molar-refractivity contribution in [2.75, 3.05) is 13.1 Å². The van der Waals surface area contributed by atoms with Crippen molar-refractivity contribution in [3.05, 3.63) is 29.3 Å². The van der Waals surface area contributed by atoms with Gasteiger partial charge in [0.2, 0.25) is 5.91 Å². The molecule has 1 fully saturated rings. The predicted molar refractivity (Wildman–Crippen MR) is 68.3 cm³/mol. The largest absolute Gasteiger partial charge is 0.507 e. The number of carbonyl (C=O) groups excluding carboxylic acids is 2. The topological polar surface area (TPSA) is 107 Å². The van der Waals surface area contributed by atoms with Gasteiger partial charge in [-0.25, -0.2) is 4.79 Å². The molecular formula is C13H14N2O5. The Morgan fingerprint density at radius 1 is 1.40 bits per heavy atom. The molecule has 1 aliphatic heterocycles. The Bertz CT molecular complexity index is 584. The summed E-state index contributed by atoms with van der Waals surface area (Å²) in [6.07, 6.45) is 0.